The third kappa shape index (κ3) is 23.2. The van der Waals surface area contributed by atoms with Crippen molar-refractivity contribution in [3.05, 3.63) is 89.5 Å². The number of carboxylic acid groups (broad SMARTS) is 3. The fourth-order valence-corrected chi connectivity index (χ4v) is 3.23. The molecule has 0 saturated carbocycles. The Hall–Kier alpha value is -5.26. The molecule has 22 heteroatoms. The number of carbonyl (C=O) groups is 3. The molecule has 0 aromatic heterocycles. The fourth-order valence-electron chi connectivity index (χ4n) is 3.07. The van der Waals surface area contributed by atoms with E-state index in [9.17, 15) is 14.4 Å². The molecule has 0 atom stereocenters. The van der Waals surface area contributed by atoms with E-state index in [1.165, 1.54) is 18.6 Å². The molecule has 0 fully saturated rings. The summed E-state index contributed by atoms with van der Waals surface area (Å²) in [5.74, 6) is -1.87. The molecule has 3 rings (SSSR count). The molecule has 0 aliphatic rings. The molecule has 0 spiro atoms. The van der Waals surface area contributed by atoms with Crippen LogP contribution < -0.4 is 47.7 Å². The van der Waals surface area contributed by atoms with Crippen LogP contribution >= 0.6 is 36.7 Å². The topological polar surface area (TPSA) is 291 Å². The minimum atomic E-state index is -1.04. The number of hydrazone groups is 3. The van der Waals surface area contributed by atoms with Crippen molar-refractivity contribution in [1.82, 2.24) is 16.3 Å². The van der Waals surface area contributed by atoms with E-state index in [1.807, 2.05) is 0 Å². The number of ether oxygens (including phenoxy) is 3. The molecule has 3 aromatic rings. The molecule has 3 aromatic carbocycles. The number of hydrogen-bond acceptors (Lipinski definition) is 12. The summed E-state index contributed by atoms with van der Waals surface area (Å²) in [6.07, 6.45) is 4.32. The van der Waals surface area contributed by atoms with Gasteiger partial charge in [-0.2, -0.15) is 15.3 Å². The second kappa shape index (κ2) is 27.5. The standard InChI is InChI=1S/3C10H11N3O3S.La/c3*11-10(17)13-12-5-7-3-1-2-4-8(7)16-6-9(14)15;/h3*1-5H,6H2,(H,14,15)(H3,11,13,17);/b3*12-5+;. The van der Waals surface area contributed by atoms with Crippen molar-refractivity contribution in [2.75, 3.05) is 19.8 Å². The quantitative estimate of drug-likeness (QED) is 0.0583. The molecule has 0 amide bonds. The van der Waals surface area contributed by atoms with Crippen LogP contribution in [0.3, 0.4) is 0 Å². The van der Waals surface area contributed by atoms with Gasteiger partial charge in [0.25, 0.3) is 0 Å². The number of hydrogen-bond donors (Lipinski definition) is 9. The van der Waals surface area contributed by atoms with Gasteiger partial charge in [0, 0.05) is 52.3 Å². The molecular weight excluding hydrogens is 865 g/mol. The molecule has 0 unspecified atom stereocenters. The molecule has 0 aliphatic heterocycles. The van der Waals surface area contributed by atoms with Gasteiger partial charge in [-0.3, -0.25) is 16.3 Å². The first kappa shape index (κ1) is 46.7. The van der Waals surface area contributed by atoms with E-state index in [1.54, 1.807) is 72.8 Å². The summed E-state index contributed by atoms with van der Waals surface area (Å²) in [5.41, 5.74) is 24.6. The number of rotatable bonds is 15. The summed E-state index contributed by atoms with van der Waals surface area (Å²) in [6, 6.07) is 20.6. The number of para-hydroxylation sites is 3. The second-order valence-electron chi connectivity index (χ2n) is 8.86. The normalized spacial score (nSPS) is 9.92. The van der Waals surface area contributed by atoms with Gasteiger partial charge in [-0.05, 0) is 73.1 Å². The summed E-state index contributed by atoms with van der Waals surface area (Å²) in [4.78, 5) is 31.1. The van der Waals surface area contributed by atoms with E-state index < -0.39 is 37.7 Å². The summed E-state index contributed by atoms with van der Waals surface area (Å²) in [5, 5.41) is 36.9. The molecule has 1 radical (unpaired) electrons. The molecule has 0 heterocycles. The maximum Gasteiger partial charge on any atom is 0.341 e. The number of nitrogens with zero attached hydrogens (tertiary/aromatic N) is 3. The van der Waals surface area contributed by atoms with Crippen LogP contribution in [0.5, 0.6) is 17.2 Å². The first-order valence-corrected chi connectivity index (χ1v) is 15.1. The zero-order valence-corrected chi connectivity index (χ0v) is 33.0. The Labute approximate surface area is 341 Å². The molecular formula is C30H33LaN9O9S3. The molecule has 273 valence electrons. The maximum absolute atomic E-state index is 10.4. The number of benzene rings is 3. The minimum Gasteiger partial charge on any atom is -0.481 e. The largest absolute Gasteiger partial charge is 0.481 e. The van der Waals surface area contributed by atoms with E-state index >= 15 is 0 Å². The van der Waals surface area contributed by atoms with Crippen molar-refractivity contribution in [1.29, 1.82) is 0 Å². The molecule has 0 aliphatic carbocycles. The zero-order valence-electron chi connectivity index (χ0n) is 26.9. The van der Waals surface area contributed by atoms with Crippen LogP contribution in [0.25, 0.3) is 0 Å². The van der Waals surface area contributed by atoms with Gasteiger partial charge in [0.2, 0.25) is 0 Å². The molecule has 18 nitrogen and oxygen atoms in total. The van der Waals surface area contributed by atoms with E-state index in [2.05, 4.69) is 68.2 Å². The van der Waals surface area contributed by atoms with E-state index in [0.717, 1.165) is 0 Å². The van der Waals surface area contributed by atoms with Crippen molar-refractivity contribution in [3.8, 4) is 17.2 Å². The van der Waals surface area contributed by atoms with Crippen molar-refractivity contribution in [2.45, 2.75) is 0 Å². The number of nitrogens with one attached hydrogen (secondary N) is 3. The molecule has 52 heavy (non-hydrogen) atoms. The summed E-state index contributed by atoms with van der Waals surface area (Å²) in [6.45, 7) is -1.23. The second-order valence-corrected chi connectivity index (χ2v) is 10.2. The Kier molecular flexibility index (Phi) is 24.7. The Morgan fingerprint density at radius 1 is 0.538 bits per heavy atom. The van der Waals surface area contributed by atoms with Crippen molar-refractivity contribution in [3.63, 3.8) is 0 Å². The van der Waals surface area contributed by atoms with E-state index in [-0.39, 0.29) is 50.9 Å². The summed E-state index contributed by atoms with van der Waals surface area (Å²) in [7, 11) is 0. The van der Waals surface area contributed by atoms with Crippen LogP contribution in [0.2, 0.25) is 0 Å². The number of nitrogens with two attached hydrogens (primary N) is 3. The van der Waals surface area contributed by atoms with Gasteiger partial charge < -0.3 is 46.7 Å². The average molecular weight is 899 g/mol. The van der Waals surface area contributed by atoms with Crippen LogP contribution in [0.4, 0.5) is 0 Å². The van der Waals surface area contributed by atoms with E-state index in [4.69, 9.17) is 46.7 Å². The first-order chi connectivity index (χ1) is 24.3. The third-order valence-electron chi connectivity index (χ3n) is 4.95. The van der Waals surface area contributed by atoms with Gasteiger partial charge in [0.15, 0.2) is 35.2 Å². The smallest absolute Gasteiger partial charge is 0.341 e. The Morgan fingerprint density at radius 2 is 0.769 bits per heavy atom. The Balaban J connectivity index is 0.000000743. The van der Waals surface area contributed by atoms with Gasteiger partial charge in [-0.1, -0.05) is 36.4 Å². The van der Waals surface area contributed by atoms with Gasteiger partial charge in [-0.25, -0.2) is 14.4 Å². The molecule has 12 N–H and O–H groups in total. The van der Waals surface area contributed by atoms with Crippen molar-refractivity contribution < 1.29 is 79.5 Å². The number of aliphatic carboxylic acids is 3. The van der Waals surface area contributed by atoms with Crippen LogP contribution in [-0.2, 0) is 14.4 Å². The average Bonchev–Trinajstić information content (AvgIpc) is 3.07. The minimum absolute atomic E-state index is 0. The Morgan fingerprint density at radius 3 is 0.981 bits per heavy atom. The maximum atomic E-state index is 10.4. The van der Waals surface area contributed by atoms with Gasteiger partial charge >= 0.3 is 17.9 Å². The fraction of sp³-hybridized carbons (Fsp3) is 0.100. The predicted molar refractivity (Wildman–Crippen MR) is 201 cm³/mol. The van der Waals surface area contributed by atoms with Crippen molar-refractivity contribution >= 4 is 88.5 Å². The van der Waals surface area contributed by atoms with Crippen LogP contribution in [0.1, 0.15) is 16.7 Å². The molecule has 0 bridgehead atoms. The van der Waals surface area contributed by atoms with Crippen molar-refractivity contribution in [2.24, 2.45) is 32.5 Å². The number of thiocarbonyl (C=S) groups is 3. The van der Waals surface area contributed by atoms with Crippen LogP contribution in [0.15, 0.2) is 88.1 Å². The Bertz CT molecular complexity index is 1550. The zero-order chi connectivity index (χ0) is 38.0. The summed E-state index contributed by atoms with van der Waals surface area (Å²) >= 11 is 13.7. The number of carboxylic acids is 3. The van der Waals surface area contributed by atoms with E-state index in [0.29, 0.717) is 33.9 Å². The third-order valence-corrected chi connectivity index (χ3v) is 5.22. The SMILES string of the molecule is NC(=S)N/N=C/c1ccccc1OCC(=O)O.NC(=S)N/N=C/c1ccccc1OCC(=O)O.NC(=S)N/N=C/c1ccccc1OCC(=O)O.[La]. The van der Waals surface area contributed by atoms with Crippen LogP contribution in [0, 0.1) is 35.6 Å². The monoisotopic (exact) mass is 898 g/mol. The summed E-state index contributed by atoms with van der Waals surface area (Å²) < 4.78 is 15.2. The predicted octanol–water partition coefficient (Wildman–Crippen LogP) is 0.951. The first-order valence-electron chi connectivity index (χ1n) is 13.8. The van der Waals surface area contributed by atoms with Crippen LogP contribution in [-0.4, -0.2) is 87.0 Å². The van der Waals surface area contributed by atoms with Gasteiger partial charge in [-0.15, -0.1) is 0 Å². The van der Waals surface area contributed by atoms with Gasteiger partial charge in [0.1, 0.15) is 17.2 Å². The van der Waals surface area contributed by atoms with Gasteiger partial charge in [0.05, 0.1) is 18.6 Å². The molecule has 0 saturated heterocycles.